The van der Waals surface area contributed by atoms with Gasteiger partial charge in [0.15, 0.2) is 0 Å². The highest BCUT2D eigenvalue weighted by atomic mass is 79.9. The Morgan fingerprint density at radius 1 is 0.950 bits per heavy atom. The summed E-state index contributed by atoms with van der Waals surface area (Å²) in [7, 11) is 0. The fourth-order valence-corrected chi connectivity index (χ4v) is 2.26. The molecule has 0 saturated carbocycles. The molecule has 0 unspecified atom stereocenters. The predicted molar refractivity (Wildman–Crippen MR) is 72.9 cm³/mol. The standard InChI is InChI=1S/C15H10BrF3O/c16-10-4-5-13(17)9(6-10)7-11(20)8-12-14(18)2-1-3-15(12)19/h1-6H,7-8H2. The molecule has 0 aliphatic rings. The molecule has 0 aliphatic carbocycles. The van der Waals surface area contributed by atoms with E-state index in [4.69, 9.17) is 0 Å². The Morgan fingerprint density at radius 3 is 2.25 bits per heavy atom. The van der Waals surface area contributed by atoms with Crippen molar-refractivity contribution in [1.29, 1.82) is 0 Å². The summed E-state index contributed by atoms with van der Waals surface area (Å²) in [5, 5.41) is 0. The fourth-order valence-electron chi connectivity index (χ4n) is 1.85. The first-order valence-corrected chi connectivity index (χ1v) is 6.65. The van der Waals surface area contributed by atoms with Crippen LogP contribution in [0, 0.1) is 17.5 Å². The summed E-state index contributed by atoms with van der Waals surface area (Å²) in [6.07, 6.45) is -0.608. The molecule has 5 heteroatoms. The third kappa shape index (κ3) is 3.48. The van der Waals surface area contributed by atoms with Gasteiger partial charge in [0, 0.05) is 22.9 Å². The van der Waals surface area contributed by atoms with Crippen molar-refractivity contribution in [2.45, 2.75) is 12.8 Å². The highest BCUT2D eigenvalue weighted by Crippen LogP contribution is 2.18. The minimum absolute atomic E-state index is 0.195. The van der Waals surface area contributed by atoms with Crippen LogP contribution < -0.4 is 0 Å². The zero-order valence-electron chi connectivity index (χ0n) is 10.3. The minimum atomic E-state index is -0.770. The monoisotopic (exact) mass is 342 g/mol. The van der Waals surface area contributed by atoms with Gasteiger partial charge in [0.2, 0.25) is 0 Å². The maximum absolute atomic E-state index is 13.5. The lowest BCUT2D eigenvalue weighted by molar-refractivity contribution is -0.117. The molecule has 2 rings (SSSR count). The molecule has 0 radical (unpaired) electrons. The summed E-state index contributed by atoms with van der Waals surface area (Å²) < 4.78 is 41.0. The van der Waals surface area contributed by atoms with E-state index in [0.29, 0.717) is 4.47 Å². The third-order valence-corrected chi connectivity index (χ3v) is 3.32. The van der Waals surface area contributed by atoms with Crippen LogP contribution >= 0.6 is 15.9 Å². The Morgan fingerprint density at radius 2 is 1.60 bits per heavy atom. The Kier molecular flexibility index (Phi) is 4.60. The van der Waals surface area contributed by atoms with E-state index in [2.05, 4.69) is 15.9 Å². The second kappa shape index (κ2) is 6.22. The predicted octanol–water partition coefficient (Wildman–Crippen LogP) is 4.22. The molecular weight excluding hydrogens is 333 g/mol. The van der Waals surface area contributed by atoms with E-state index in [9.17, 15) is 18.0 Å². The maximum atomic E-state index is 13.5. The van der Waals surface area contributed by atoms with Gasteiger partial charge in [-0.3, -0.25) is 4.79 Å². The van der Waals surface area contributed by atoms with Gasteiger partial charge in [-0.15, -0.1) is 0 Å². The first-order chi connectivity index (χ1) is 9.47. The van der Waals surface area contributed by atoms with Gasteiger partial charge in [-0.1, -0.05) is 22.0 Å². The topological polar surface area (TPSA) is 17.1 Å². The molecule has 0 N–H and O–H groups in total. The number of halogens is 4. The average Bonchev–Trinajstić information content (AvgIpc) is 2.38. The summed E-state index contributed by atoms with van der Waals surface area (Å²) in [6, 6.07) is 7.63. The quantitative estimate of drug-likeness (QED) is 0.812. The summed E-state index contributed by atoms with van der Waals surface area (Å²) in [6.45, 7) is 0. The molecule has 1 nitrogen and oxygen atoms in total. The zero-order valence-corrected chi connectivity index (χ0v) is 11.9. The number of hydrogen-bond acceptors (Lipinski definition) is 1. The van der Waals surface area contributed by atoms with Crippen LogP contribution in [0.3, 0.4) is 0 Å². The van der Waals surface area contributed by atoms with Crippen molar-refractivity contribution in [3.05, 3.63) is 69.4 Å². The molecular formula is C15H10BrF3O. The van der Waals surface area contributed by atoms with E-state index in [-0.39, 0.29) is 17.5 Å². The second-order valence-electron chi connectivity index (χ2n) is 4.33. The number of carbonyl (C=O) groups excluding carboxylic acids is 1. The van der Waals surface area contributed by atoms with Crippen LogP contribution in [0.25, 0.3) is 0 Å². The smallest absolute Gasteiger partial charge is 0.141 e. The number of benzene rings is 2. The molecule has 0 aliphatic heterocycles. The van der Waals surface area contributed by atoms with Crippen molar-refractivity contribution < 1.29 is 18.0 Å². The van der Waals surface area contributed by atoms with Gasteiger partial charge >= 0.3 is 0 Å². The van der Waals surface area contributed by atoms with Crippen LogP contribution in [-0.4, -0.2) is 5.78 Å². The number of rotatable bonds is 4. The van der Waals surface area contributed by atoms with Crippen molar-refractivity contribution in [3.63, 3.8) is 0 Å². The first-order valence-electron chi connectivity index (χ1n) is 5.86. The number of ketones is 1. The summed E-state index contributed by atoms with van der Waals surface area (Å²) >= 11 is 3.18. The van der Waals surface area contributed by atoms with E-state index in [0.717, 1.165) is 12.1 Å². The van der Waals surface area contributed by atoms with E-state index in [1.807, 2.05) is 0 Å². The minimum Gasteiger partial charge on any atom is -0.299 e. The molecule has 0 heterocycles. The molecule has 2 aromatic rings. The Balaban J connectivity index is 2.15. The number of carbonyl (C=O) groups is 1. The lowest BCUT2D eigenvalue weighted by Gasteiger charge is -2.06. The largest absolute Gasteiger partial charge is 0.299 e. The van der Waals surface area contributed by atoms with Crippen molar-refractivity contribution in [1.82, 2.24) is 0 Å². The lowest BCUT2D eigenvalue weighted by atomic mass is 10.0. The van der Waals surface area contributed by atoms with Crippen molar-refractivity contribution >= 4 is 21.7 Å². The van der Waals surface area contributed by atoms with Crippen LogP contribution in [0.4, 0.5) is 13.2 Å². The van der Waals surface area contributed by atoms with Crippen molar-refractivity contribution in [2.24, 2.45) is 0 Å². The molecule has 20 heavy (non-hydrogen) atoms. The van der Waals surface area contributed by atoms with Gasteiger partial charge in [0.05, 0.1) is 0 Å². The number of hydrogen-bond donors (Lipinski definition) is 0. The Labute approximate surface area is 122 Å². The van der Waals surface area contributed by atoms with E-state index < -0.39 is 29.7 Å². The van der Waals surface area contributed by atoms with Crippen molar-refractivity contribution in [3.8, 4) is 0 Å². The fraction of sp³-hybridized carbons (Fsp3) is 0.133. The Hall–Kier alpha value is -1.62. The molecule has 0 saturated heterocycles. The van der Waals surface area contributed by atoms with E-state index >= 15 is 0 Å². The van der Waals surface area contributed by atoms with Crippen LogP contribution in [0.2, 0.25) is 0 Å². The van der Waals surface area contributed by atoms with Gasteiger partial charge in [-0.25, -0.2) is 13.2 Å². The van der Waals surface area contributed by atoms with Gasteiger partial charge < -0.3 is 0 Å². The molecule has 104 valence electrons. The molecule has 0 bridgehead atoms. The molecule has 0 aromatic heterocycles. The summed E-state index contributed by atoms with van der Waals surface area (Å²) in [5.74, 6) is -2.51. The van der Waals surface area contributed by atoms with Gasteiger partial charge in [0.25, 0.3) is 0 Å². The van der Waals surface area contributed by atoms with Crippen LogP contribution in [0.5, 0.6) is 0 Å². The summed E-state index contributed by atoms with van der Waals surface area (Å²) in [4.78, 5) is 11.8. The highest BCUT2D eigenvalue weighted by Gasteiger charge is 2.15. The van der Waals surface area contributed by atoms with Crippen molar-refractivity contribution in [2.75, 3.05) is 0 Å². The maximum Gasteiger partial charge on any atom is 0.141 e. The molecule has 0 atom stereocenters. The summed E-state index contributed by atoms with van der Waals surface area (Å²) in [5.41, 5.74) is -0.0889. The third-order valence-electron chi connectivity index (χ3n) is 2.83. The van der Waals surface area contributed by atoms with Gasteiger partial charge in [-0.05, 0) is 35.9 Å². The SMILES string of the molecule is O=C(Cc1cc(Br)ccc1F)Cc1c(F)cccc1F. The number of Topliss-reactive ketones (excluding diaryl/α,β-unsaturated/α-hetero) is 1. The highest BCUT2D eigenvalue weighted by molar-refractivity contribution is 9.10. The van der Waals surface area contributed by atoms with Gasteiger partial charge in [0.1, 0.15) is 23.2 Å². The molecule has 0 spiro atoms. The second-order valence-corrected chi connectivity index (χ2v) is 5.24. The molecule has 2 aromatic carbocycles. The van der Waals surface area contributed by atoms with E-state index in [1.165, 1.54) is 24.3 Å². The van der Waals surface area contributed by atoms with Crippen LogP contribution in [-0.2, 0) is 17.6 Å². The average molecular weight is 343 g/mol. The van der Waals surface area contributed by atoms with Crippen LogP contribution in [0.15, 0.2) is 40.9 Å². The zero-order chi connectivity index (χ0) is 14.7. The van der Waals surface area contributed by atoms with Gasteiger partial charge in [-0.2, -0.15) is 0 Å². The Bertz CT molecular complexity index is 635. The lowest BCUT2D eigenvalue weighted by Crippen LogP contribution is -2.10. The normalized spacial score (nSPS) is 10.6. The molecule has 0 amide bonds. The van der Waals surface area contributed by atoms with E-state index in [1.54, 1.807) is 0 Å². The molecule has 0 fully saturated rings. The van der Waals surface area contributed by atoms with Crippen LogP contribution in [0.1, 0.15) is 11.1 Å². The first kappa shape index (κ1) is 14.8.